The third-order valence-corrected chi connectivity index (χ3v) is 4.89. The van der Waals surface area contributed by atoms with E-state index >= 15 is 0 Å². The highest BCUT2D eigenvalue weighted by Gasteiger charge is 2.26. The van der Waals surface area contributed by atoms with Gasteiger partial charge in [0.25, 0.3) is 0 Å². The minimum Gasteiger partial charge on any atom is -0.353 e. The number of benzene rings is 1. The van der Waals surface area contributed by atoms with Crippen molar-refractivity contribution in [1.82, 2.24) is 15.5 Å². The van der Waals surface area contributed by atoms with Gasteiger partial charge in [0, 0.05) is 30.9 Å². The first-order chi connectivity index (χ1) is 13.0. The fourth-order valence-corrected chi connectivity index (χ4v) is 3.29. The summed E-state index contributed by atoms with van der Waals surface area (Å²) in [5, 5.41) is 8.68. The van der Waals surface area contributed by atoms with Gasteiger partial charge in [0.05, 0.1) is 6.54 Å². The number of piperidine rings is 1. The summed E-state index contributed by atoms with van der Waals surface area (Å²) >= 11 is 0. The monoisotopic (exact) mass is 372 g/mol. The average Bonchev–Trinajstić information content (AvgIpc) is 3.40. The van der Waals surface area contributed by atoms with Crippen molar-refractivity contribution in [1.29, 1.82) is 0 Å². The Kier molecular flexibility index (Phi) is 6.45. The van der Waals surface area contributed by atoms with Crippen molar-refractivity contribution < 1.29 is 14.4 Å². The van der Waals surface area contributed by atoms with Crippen molar-refractivity contribution in [3.8, 4) is 0 Å². The van der Waals surface area contributed by atoms with E-state index in [1.807, 2.05) is 25.1 Å². The summed E-state index contributed by atoms with van der Waals surface area (Å²) in [5.41, 5.74) is 1.75. The molecule has 3 N–H and O–H groups in total. The maximum atomic E-state index is 12.1. The lowest BCUT2D eigenvalue weighted by Crippen LogP contribution is -2.48. The Bertz CT molecular complexity index is 694. The molecular weight excluding hydrogens is 344 g/mol. The van der Waals surface area contributed by atoms with E-state index in [4.69, 9.17) is 0 Å². The molecule has 0 spiro atoms. The van der Waals surface area contributed by atoms with E-state index in [0.29, 0.717) is 18.3 Å². The van der Waals surface area contributed by atoms with Crippen LogP contribution in [0.25, 0.3) is 0 Å². The smallest absolute Gasteiger partial charge is 0.234 e. The van der Waals surface area contributed by atoms with Crippen molar-refractivity contribution in [3.63, 3.8) is 0 Å². The van der Waals surface area contributed by atoms with E-state index in [9.17, 15) is 14.4 Å². The van der Waals surface area contributed by atoms with Gasteiger partial charge in [-0.2, -0.15) is 0 Å². The maximum absolute atomic E-state index is 12.1. The van der Waals surface area contributed by atoms with Gasteiger partial charge in [-0.3, -0.25) is 19.3 Å². The number of hydrogen-bond acceptors (Lipinski definition) is 4. The molecule has 0 unspecified atom stereocenters. The van der Waals surface area contributed by atoms with E-state index in [2.05, 4.69) is 20.9 Å². The van der Waals surface area contributed by atoms with Gasteiger partial charge in [-0.1, -0.05) is 12.1 Å². The van der Waals surface area contributed by atoms with Gasteiger partial charge >= 0.3 is 0 Å². The summed E-state index contributed by atoms with van der Waals surface area (Å²) in [6.45, 7) is 3.93. The maximum Gasteiger partial charge on any atom is 0.234 e. The van der Waals surface area contributed by atoms with E-state index in [1.54, 1.807) is 6.07 Å². The first-order valence-corrected chi connectivity index (χ1v) is 9.65. The van der Waals surface area contributed by atoms with Gasteiger partial charge in [0.1, 0.15) is 6.42 Å². The van der Waals surface area contributed by atoms with Gasteiger partial charge in [-0.05, 0) is 50.3 Å². The van der Waals surface area contributed by atoms with Crippen LogP contribution in [0.5, 0.6) is 0 Å². The first kappa shape index (κ1) is 19.4. The predicted octanol–water partition coefficient (Wildman–Crippen LogP) is 1.18. The molecule has 0 bridgehead atoms. The zero-order valence-corrected chi connectivity index (χ0v) is 15.8. The van der Waals surface area contributed by atoms with Crippen molar-refractivity contribution in [2.75, 3.05) is 25.0 Å². The molecule has 0 radical (unpaired) electrons. The Morgan fingerprint density at radius 3 is 2.30 bits per heavy atom. The van der Waals surface area contributed by atoms with Crippen molar-refractivity contribution >= 4 is 23.4 Å². The average molecular weight is 372 g/mol. The Hall–Kier alpha value is -2.41. The standard InChI is InChI=1S/C20H28N4O3/c1-14-3-2-4-17(11-14)23-19(26)12-18(25)21-16-7-9-24(10-8-16)13-20(27)22-15-5-6-15/h2-4,11,15-16H,5-10,12-13H2,1H3,(H,21,25)(H,22,27)(H,23,26). The molecule has 1 saturated heterocycles. The Morgan fingerprint density at radius 2 is 1.63 bits per heavy atom. The summed E-state index contributed by atoms with van der Waals surface area (Å²) in [6, 6.07) is 7.93. The van der Waals surface area contributed by atoms with Crippen molar-refractivity contribution in [3.05, 3.63) is 29.8 Å². The molecule has 1 heterocycles. The quantitative estimate of drug-likeness (QED) is 0.627. The van der Waals surface area contributed by atoms with Crippen LogP contribution in [-0.4, -0.2) is 54.3 Å². The molecule has 2 aliphatic rings. The Balaban J connectivity index is 1.33. The molecule has 7 heteroatoms. The lowest BCUT2D eigenvalue weighted by atomic mass is 10.0. The molecule has 1 aliphatic carbocycles. The number of carbonyl (C=O) groups is 3. The Labute approximate surface area is 159 Å². The Morgan fingerprint density at radius 1 is 0.963 bits per heavy atom. The topological polar surface area (TPSA) is 90.5 Å². The summed E-state index contributed by atoms with van der Waals surface area (Å²) < 4.78 is 0. The van der Waals surface area contributed by atoms with Crippen LogP contribution in [0, 0.1) is 6.92 Å². The summed E-state index contributed by atoms with van der Waals surface area (Å²) in [7, 11) is 0. The second kappa shape index (κ2) is 8.99. The van der Waals surface area contributed by atoms with Crippen LogP contribution >= 0.6 is 0 Å². The predicted molar refractivity (Wildman–Crippen MR) is 103 cm³/mol. The third-order valence-electron chi connectivity index (χ3n) is 4.89. The minimum absolute atomic E-state index is 0.0620. The van der Waals surface area contributed by atoms with Crippen LogP contribution in [0.1, 0.15) is 37.7 Å². The van der Waals surface area contributed by atoms with Crippen molar-refractivity contribution in [2.45, 2.75) is 51.1 Å². The molecule has 2 fully saturated rings. The molecule has 1 aromatic rings. The minimum atomic E-state index is -0.313. The molecule has 1 aliphatic heterocycles. The number of hydrogen-bond donors (Lipinski definition) is 3. The molecule has 27 heavy (non-hydrogen) atoms. The lowest BCUT2D eigenvalue weighted by molar-refractivity contribution is -0.128. The number of rotatable bonds is 7. The van der Waals surface area contributed by atoms with E-state index in [1.165, 1.54) is 0 Å². The number of nitrogens with one attached hydrogen (secondary N) is 3. The molecule has 3 rings (SSSR count). The molecule has 7 nitrogen and oxygen atoms in total. The summed E-state index contributed by atoms with van der Waals surface area (Å²) in [6.07, 6.45) is 3.59. The fourth-order valence-electron chi connectivity index (χ4n) is 3.29. The van der Waals surface area contributed by atoms with Crippen LogP contribution in [0.4, 0.5) is 5.69 Å². The highest BCUT2D eigenvalue weighted by atomic mass is 16.2. The highest BCUT2D eigenvalue weighted by molar-refractivity contribution is 6.03. The van der Waals surface area contributed by atoms with E-state index in [-0.39, 0.29) is 30.2 Å². The molecular formula is C20H28N4O3. The SMILES string of the molecule is Cc1cccc(NC(=O)CC(=O)NC2CCN(CC(=O)NC3CC3)CC2)c1. The number of carbonyl (C=O) groups excluding carboxylic acids is 3. The summed E-state index contributed by atoms with van der Waals surface area (Å²) in [5.74, 6) is -0.481. The van der Waals surface area contributed by atoms with Crippen LogP contribution in [0.2, 0.25) is 0 Å². The lowest BCUT2D eigenvalue weighted by Gasteiger charge is -2.31. The van der Waals surface area contributed by atoms with E-state index < -0.39 is 0 Å². The molecule has 3 amide bonds. The zero-order chi connectivity index (χ0) is 19.2. The molecule has 1 saturated carbocycles. The number of aryl methyl sites for hydroxylation is 1. The fraction of sp³-hybridized carbons (Fsp3) is 0.550. The second-order valence-electron chi connectivity index (χ2n) is 7.55. The third kappa shape index (κ3) is 6.67. The molecule has 146 valence electrons. The van der Waals surface area contributed by atoms with Gasteiger partial charge in [-0.25, -0.2) is 0 Å². The van der Waals surface area contributed by atoms with Gasteiger partial charge < -0.3 is 16.0 Å². The van der Waals surface area contributed by atoms with Gasteiger partial charge in [0.15, 0.2) is 0 Å². The van der Waals surface area contributed by atoms with Gasteiger partial charge in [-0.15, -0.1) is 0 Å². The second-order valence-corrected chi connectivity index (χ2v) is 7.55. The van der Waals surface area contributed by atoms with Crippen LogP contribution in [0.3, 0.4) is 0 Å². The van der Waals surface area contributed by atoms with Crippen molar-refractivity contribution in [2.24, 2.45) is 0 Å². The largest absolute Gasteiger partial charge is 0.353 e. The molecule has 0 atom stereocenters. The molecule has 1 aromatic carbocycles. The number of nitrogens with zero attached hydrogens (tertiary/aromatic N) is 1. The van der Waals surface area contributed by atoms with E-state index in [0.717, 1.165) is 44.3 Å². The highest BCUT2D eigenvalue weighted by Crippen LogP contribution is 2.18. The number of likely N-dealkylation sites (tertiary alicyclic amines) is 1. The first-order valence-electron chi connectivity index (χ1n) is 9.65. The number of anilines is 1. The van der Waals surface area contributed by atoms with Gasteiger partial charge in [0.2, 0.25) is 17.7 Å². The molecule has 0 aromatic heterocycles. The van der Waals surface area contributed by atoms with Crippen LogP contribution in [0.15, 0.2) is 24.3 Å². The number of amides is 3. The normalized spacial score (nSPS) is 18.0. The zero-order valence-electron chi connectivity index (χ0n) is 15.8. The summed E-state index contributed by atoms with van der Waals surface area (Å²) in [4.78, 5) is 38.1. The van der Waals surface area contributed by atoms with Crippen LogP contribution in [-0.2, 0) is 14.4 Å². The van der Waals surface area contributed by atoms with Crippen LogP contribution < -0.4 is 16.0 Å².